The molecule has 3 heterocycles. The summed E-state index contributed by atoms with van der Waals surface area (Å²) >= 11 is 0. The topological polar surface area (TPSA) is 92.8 Å². The van der Waals surface area contributed by atoms with Crippen LogP contribution in [-0.4, -0.2) is 49.0 Å². The van der Waals surface area contributed by atoms with E-state index in [-0.39, 0.29) is 23.8 Å². The SMILES string of the molecule is COc1ccccc1CNC(=O)c1ccc(Cn2nc(N3CCN(c4ccccc4)CC3)ccc2=O)o1. The van der Waals surface area contributed by atoms with Crippen molar-refractivity contribution in [2.45, 2.75) is 13.1 Å². The molecule has 190 valence electrons. The number of anilines is 2. The Bertz CT molecular complexity index is 1410. The number of carbonyl (C=O) groups is 1. The Kier molecular flexibility index (Phi) is 7.21. The van der Waals surface area contributed by atoms with Gasteiger partial charge in [-0.25, -0.2) is 4.68 Å². The number of furan rings is 1. The summed E-state index contributed by atoms with van der Waals surface area (Å²) in [4.78, 5) is 29.6. The summed E-state index contributed by atoms with van der Waals surface area (Å²) < 4.78 is 12.4. The van der Waals surface area contributed by atoms with Crippen LogP contribution < -0.4 is 25.4 Å². The largest absolute Gasteiger partial charge is 0.496 e. The van der Waals surface area contributed by atoms with Gasteiger partial charge in [0.2, 0.25) is 0 Å². The first-order chi connectivity index (χ1) is 18.1. The molecule has 1 N–H and O–H groups in total. The molecule has 0 atom stereocenters. The Hall–Kier alpha value is -4.53. The molecule has 0 saturated carbocycles. The molecule has 5 rings (SSSR count). The summed E-state index contributed by atoms with van der Waals surface area (Å²) in [6.45, 7) is 3.79. The van der Waals surface area contributed by atoms with Crippen LogP contribution in [0.1, 0.15) is 21.9 Å². The fourth-order valence-corrected chi connectivity index (χ4v) is 4.40. The van der Waals surface area contributed by atoms with Gasteiger partial charge in [0, 0.05) is 50.0 Å². The summed E-state index contributed by atoms with van der Waals surface area (Å²) in [5.74, 6) is 1.75. The number of methoxy groups -OCH3 is 1. The zero-order valence-electron chi connectivity index (χ0n) is 20.7. The lowest BCUT2D eigenvalue weighted by Gasteiger charge is -2.36. The average molecular weight is 500 g/mol. The Morgan fingerprint density at radius 2 is 1.65 bits per heavy atom. The van der Waals surface area contributed by atoms with Crippen molar-refractivity contribution < 1.29 is 13.9 Å². The maximum absolute atomic E-state index is 12.6. The number of aromatic nitrogens is 2. The van der Waals surface area contributed by atoms with Gasteiger partial charge in [-0.3, -0.25) is 9.59 Å². The van der Waals surface area contributed by atoms with E-state index in [1.54, 1.807) is 25.3 Å². The van der Waals surface area contributed by atoms with Crippen molar-refractivity contribution in [2.75, 3.05) is 43.1 Å². The fraction of sp³-hybridized carbons (Fsp3) is 0.250. The van der Waals surface area contributed by atoms with Crippen LogP contribution >= 0.6 is 0 Å². The third kappa shape index (κ3) is 5.66. The maximum Gasteiger partial charge on any atom is 0.287 e. The number of nitrogens with one attached hydrogen (secondary N) is 1. The van der Waals surface area contributed by atoms with E-state index in [1.165, 1.54) is 16.4 Å². The van der Waals surface area contributed by atoms with E-state index in [2.05, 4.69) is 32.3 Å². The van der Waals surface area contributed by atoms with Gasteiger partial charge in [0.15, 0.2) is 5.76 Å². The lowest BCUT2D eigenvalue weighted by molar-refractivity contribution is 0.0921. The third-order valence-electron chi connectivity index (χ3n) is 6.40. The average Bonchev–Trinajstić information content (AvgIpc) is 3.42. The number of ether oxygens (including phenoxy) is 1. The normalized spacial score (nSPS) is 13.4. The maximum atomic E-state index is 12.6. The van der Waals surface area contributed by atoms with E-state index >= 15 is 0 Å². The van der Waals surface area contributed by atoms with E-state index in [4.69, 9.17) is 9.15 Å². The monoisotopic (exact) mass is 499 g/mol. The van der Waals surface area contributed by atoms with E-state index in [9.17, 15) is 9.59 Å². The zero-order valence-corrected chi connectivity index (χ0v) is 20.7. The molecule has 0 bridgehead atoms. The minimum Gasteiger partial charge on any atom is -0.496 e. The highest BCUT2D eigenvalue weighted by Crippen LogP contribution is 2.19. The molecule has 0 spiro atoms. The Morgan fingerprint density at radius 1 is 0.919 bits per heavy atom. The van der Waals surface area contributed by atoms with Crippen LogP contribution in [0.5, 0.6) is 5.75 Å². The Labute approximate surface area is 214 Å². The quantitative estimate of drug-likeness (QED) is 0.398. The van der Waals surface area contributed by atoms with Crippen molar-refractivity contribution in [1.29, 1.82) is 0 Å². The zero-order chi connectivity index (χ0) is 25.6. The van der Waals surface area contributed by atoms with Gasteiger partial charge in [-0.05, 0) is 36.4 Å². The van der Waals surface area contributed by atoms with Crippen LogP contribution in [0.25, 0.3) is 0 Å². The predicted molar refractivity (Wildman–Crippen MR) is 141 cm³/mol. The molecule has 2 aromatic carbocycles. The highest BCUT2D eigenvalue weighted by atomic mass is 16.5. The lowest BCUT2D eigenvalue weighted by atomic mass is 10.2. The third-order valence-corrected chi connectivity index (χ3v) is 6.40. The Morgan fingerprint density at radius 3 is 2.43 bits per heavy atom. The summed E-state index contributed by atoms with van der Waals surface area (Å²) in [5, 5.41) is 7.41. The number of hydrogen-bond donors (Lipinski definition) is 1. The highest BCUT2D eigenvalue weighted by molar-refractivity contribution is 5.91. The Balaban J connectivity index is 1.21. The molecule has 0 radical (unpaired) electrons. The van der Waals surface area contributed by atoms with Crippen LogP contribution in [-0.2, 0) is 13.1 Å². The molecule has 1 aliphatic heterocycles. The molecular weight excluding hydrogens is 470 g/mol. The molecule has 4 aromatic rings. The van der Waals surface area contributed by atoms with Crippen LogP contribution in [0, 0.1) is 0 Å². The van der Waals surface area contributed by atoms with Crippen molar-refractivity contribution >= 4 is 17.4 Å². The van der Waals surface area contributed by atoms with E-state index < -0.39 is 0 Å². The predicted octanol–water partition coefficient (Wildman–Crippen LogP) is 3.15. The van der Waals surface area contributed by atoms with Crippen LogP contribution in [0.15, 0.2) is 88.1 Å². The van der Waals surface area contributed by atoms with Crippen molar-refractivity contribution in [3.05, 3.63) is 106 Å². The number of rotatable bonds is 8. The number of piperazine rings is 1. The summed E-state index contributed by atoms with van der Waals surface area (Å²) in [6.07, 6.45) is 0. The molecule has 9 heteroatoms. The van der Waals surface area contributed by atoms with Crippen LogP contribution in [0.3, 0.4) is 0 Å². The molecule has 37 heavy (non-hydrogen) atoms. The summed E-state index contributed by atoms with van der Waals surface area (Å²) in [7, 11) is 1.59. The fourth-order valence-electron chi connectivity index (χ4n) is 4.40. The van der Waals surface area contributed by atoms with Crippen LogP contribution in [0.2, 0.25) is 0 Å². The van der Waals surface area contributed by atoms with Crippen molar-refractivity contribution in [3.8, 4) is 5.75 Å². The van der Waals surface area contributed by atoms with Gasteiger partial charge >= 0.3 is 0 Å². The first-order valence-electron chi connectivity index (χ1n) is 12.2. The molecule has 1 amide bonds. The molecule has 1 saturated heterocycles. The van der Waals surface area contributed by atoms with E-state index in [0.29, 0.717) is 18.1 Å². The van der Waals surface area contributed by atoms with Gasteiger partial charge in [0.1, 0.15) is 23.9 Å². The molecule has 0 unspecified atom stereocenters. The standard InChI is InChI=1S/C28H29N5O4/c1-36-24-10-6-5-7-21(24)19-29-28(35)25-12-11-23(37-25)20-33-27(34)14-13-26(30-33)32-17-15-31(16-18-32)22-8-3-2-4-9-22/h2-14H,15-20H2,1H3,(H,29,35). The second kappa shape index (κ2) is 11.0. The molecule has 9 nitrogen and oxygen atoms in total. The number of hydrogen-bond acceptors (Lipinski definition) is 7. The van der Waals surface area contributed by atoms with Gasteiger partial charge in [0.05, 0.1) is 7.11 Å². The first kappa shape index (κ1) is 24.2. The van der Waals surface area contributed by atoms with E-state index in [1.807, 2.05) is 42.5 Å². The van der Waals surface area contributed by atoms with Gasteiger partial charge in [-0.2, -0.15) is 5.10 Å². The highest BCUT2D eigenvalue weighted by Gasteiger charge is 2.19. The van der Waals surface area contributed by atoms with Crippen molar-refractivity contribution in [3.63, 3.8) is 0 Å². The molecular formula is C28H29N5O4. The summed E-state index contributed by atoms with van der Waals surface area (Å²) in [5.41, 5.74) is 1.84. The van der Waals surface area contributed by atoms with Gasteiger partial charge < -0.3 is 24.3 Å². The van der Waals surface area contributed by atoms with Crippen molar-refractivity contribution in [2.24, 2.45) is 0 Å². The van der Waals surface area contributed by atoms with Gasteiger partial charge in [-0.15, -0.1) is 0 Å². The second-order valence-corrected chi connectivity index (χ2v) is 8.76. The number of carbonyl (C=O) groups excluding carboxylic acids is 1. The lowest BCUT2D eigenvalue weighted by Crippen LogP contribution is -2.47. The molecule has 1 aliphatic rings. The number of nitrogens with zero attached hydrogens (tertiary/aromatic N) is 4. The summed E-state index contributed by atoms with van der Waals surface area (Å²) in [6, 6.07) is 24.4. The van der Waals surface area contributed by atoms with Crippen molar-refractivity contribution in [1.82, 2.24) is 15.1 Å². The van der Waals surface area contributed by atoms with E-state index in [0.717, 1.165) is 37.6 Å². The van der Waals surface area contributed by atoms with Crippen LogP contribution in [0.4, 0.5) is 11.5 Å². The minimum atomic E-state index is -0.345. The molecule has 1 fully saturated rings. The number of amides is 1. The molecule has 2 aromatic heterocycles. The smallest absolute Gasteiger partial charge is 0.287 e. The van der Waals surface area contributed by atoms with Gasteiger partial charge in [0.25, 0.3) is 11.5 Å². The number of para-hydroxylation sites is 2. The first-order valence-corrected chi connectivity index (χ1v) is 12.2. The minimum absolute atomic E-state index is 0.135. The van der Waals surface area contributed by atoms with Gasteiger partial charge in [-0.1, -0.05) is 36.4 Å². The second-order valence-electron chi connectivity index (χ2n) is 8.76. The molecule has 0 aliphatic carbocycles. The number of benzene rings is 2.